The lowest BCUT2D eigenvalue weighted by Gasteiger charge is -2.09. The van der Waals surface area contributed by atoms with Crippen molar-refractivity contribution in [1.82, 2.24) is 9.38 Å². The number of aryl methyl sites for hydroxylation is 2. The van der Waals surface area contributed by atoms with E-state index in [1.54, 1.807) is 47.9 Å². The molecular formula is C24H20F2N2O3. The van der Waals surface area contributed by atoms with Crippen molar-refractivity contribution in [1.29, 1.82) is 0 Å². The number of carbonyl (C=O) groups excluding carboxylic acids is 1. The fraction of sp³-hybridized carbons (Fsp3) is 0.167. The van der Waals surface area contributed by atoms with Crippen molar-refractivity contribution in [2.24, 2.45) is 0 Å². The van der Waals surface area contributed by atoms with Crippen molar-refractivity contribution >= 4 is 11.4 Å². The number of benzene rings is 2. The van der Waals surface area contributed by atoms with Gasteiger partial charge in [0.15, 0.2) is 17.2 Å². The molecule has 2 aromatic heterocycles. The average Bonchev–Trinajstić information content (AvgIpc) is 3.08. The van der Waals surface area contributed by atoms with Crippen LogP contribution in [-0.2, 0) is 13.0 Å². The molecule has 158 valence electrons. The Kier molecular flexibility index (Phi) is 5.66. The first-order valence-electron chi connectivity index (χ1n) is 9.78. The minimum Gasteiger partial charge on any atom is -0.508 e. The van der Waals surface area contributed by atoms with Gasteiger partial charge in [-0.3, -0.25) is 9.20 Å². The average molecular weight is 422 g/mol. The van der Waals surface area contributed by atoms with Crippen LogP contribution in [-0.4, -0.2) is 20.3 Å². The molecule has 0 atom stereocenters. The van der Waals surface area contributed by atoms with Crippen LogP contribution in [0.2, 0.25) is 0 Å². The number of Topliss-reactive ketones (excluding diaryl/α,β-unsaturated/α-hetero) is 1. The van der Waals surface area contributed by atoms with E-state index in [0.717, 1.165) is 5.56 Å². The second-order valence-electron chi connectivity index (χ2n) is 7.19. The van der Waals surface area contributed by atoms with Gasteiger partial charge in [-0.1, -0.05) is 18.2 Å². The van der Waals surface area contributed by atoms with E-state index in [0.29, 0.717) is 29.2 Å². The third kappa shape index (κ3) is 4.26. The number of nitrogens with zero attached hydrogens (tertiary/aromatic N) is 2. The number of ether oxygens (including phenoxy) is 1. The SMILES string of the molecule is Cc1nc2c(OCc3c(F)cccc3F)cccn2c1C(=O)CCc1cccc(O)c1. The first-order chi connectivity index (χ1) is 14.9. The molecule has 0 radical (unpaired) electrons. The number of imidazole rings is 1. The van der Waals surface area contributed by atoms with E-state index < -0.39 is 11.6 Å². The maximum atomic E-state index is 13.9. The number of aromatic nitrogens is 2. The molecule has 5 nitrogen and oxygen atoms in total. The smallest absolute Gasteiger partial charge is 0.181 e. The van der Waals surface area contributed by atoms with Crippen LogP contribution in [0, 0.1) is 18.6 Å². The highest BCUT2D eigenvalue weighted by molar-refractivity contribution is 5.96. The minimum absolute atomic E-state index is 0.106. The van der Waals surface area contributed by atoms with Gasteiger partial charge in [0.2, 0.25) is 0 Å². The molecular weight excluding hydrogens is 402 g/mol. The third-order valence-corrected chi connectivity index (χ3v) is 5.04. The predicted molar refractivity (Wildman–Crippen MR) is 111 cm³/mol. The molecule has 0 aliphatic carbocycles. The van der Waals surface area contributed by atoms with Gasteiger partial charge in [-0.05, 0) is 55.3 Å². The normalized spacial score (nSPS) is 11.1. The molecule has 0 spiro atoms. The maximum Gasteiger partial charge on any atom is 0.181 e. The van der Waals surface area contributed by atoms with Crippen LogP contribution in [0.4, 0.5) is 8.78 Å². The largest absolute Gasteiger partial charge is 0.508 e. The Morgan fingerprint density at radius 1 is 1.10 bits per heavy atom. The Balaban J connectivity index is 1.57. The number of halogens is 2. The van der Waals surface area contributed by atoms with E-state index in [1.807, 2.05) is 6.07 Å². The summed E-state index contributed by atoms with van der Waals surface area (Å²) in [6.07, 6.45) is 2.42. The molecule has 4 aromatic rings. The number of fused-ring (bicyclic) bond motifs is 1. The molecule has 1 N–H and O–H groups in total. The lowest BCUT2D eigenvalue weighted by Crippen LogP contribution is -2.07. The van der Waals surface area contributed by atoms with Gasteiger partial charge < -0.3 is 9.84 Å². The van der Waals surface area contributed by atoms with E-state index in [9.17, 15) is 18.7 Å². The number of ketones is 1. The predicted octanol–water partition coefficient (Wildman–Crippen LogP) is 5.02. The summed E-state index contributed by atoms with van der Waals surface area (Å²) in [4.78, 5) is 17.4. The number of hydrogen-bond acceptors (Lipinski definition) is 4. The van der Waals surface area contributed by atoms with E-state index in [-0.39, 0.29) is 30.1 Å². The molecule has 2 aromatic carbocycles. The first-order valence-corrected chi connectivity index (χ1v) is 9.78. The second-order valence-corrected chi connectivity index (χ2v) is 7.19. The van der Waals surface area contributed by atoms with Gasteiger partial charge in [-0.15, -0.1) is 0 Å². The Labute approximate surface area is 177 Å². The van der Waals surface area contributed by atoms with E-state index in [2.05, 4.69) is 4.98 Å². The van der Waals surface area contributed by atoms with Crippen LogP contribution in [0.25, 0.3) is 5.65 Å². The van der Waals surface area contributed by atoms with Crippen LogP contribution in [0.1, 0.15) is 33.7 Å². The van der Waals surface area contributed by atoms with Crippen molar-refractivity contribution in [3.05, 3.63) is 94.9 Å². The maximum absolute atomic E-state index is 13.9. The van der Waals surface area contributed by atoms with E-state index >= 15 is 0 Å². The number of phenols is 1. The summed E-state index contributed by atoms with van der Waals surface area (Å²) in [5.74, 6) is -1.00. The summed E-state index contributed by atoms with van der Waals surface area (Å²) in [5.41, 5.74) is 2.05. The van der Waals surface area contributed by atoms with Gasteiger partial charge in [0.25, 0.3) is 0 Å². The molecule has 4 rings (SSSR count). The highest BCUT2D eigenvalue weighted by Gasteiger charge is 2.19. The monoisotopic (exact) mass is 422 g/mol. The Morgan fingerprint density at radius 2 is 1.84 bits per heavy atom. The molecule has 31 heavy (non-hydrogen) atoms. The van der Waals surface area contributed by atoms with Gasteiger partial charge in [-0.2, -0.15) is 0 Å². The zero-order valence-corrected chi connectivity index (χ0v) is 16.8. The van der Waals surface area contributed by atoms with Crippen molar-refractivity contribution in [3.8, 4) is 11.5 Å². The zero-order chi connectivity index (χ0) is 22.0. The lowest BCUT2D eigenvalue weighted by molar-refractivity contribution is 0.0976. The molecule has 0 bridgehead atoms. The fourth-order valence-electron chi connectivity index (χ4n) is 3.51. The van der Waals surface area contributed by atoms with Crippen LogP contribution in [0.5, 0.6) is 11.5 Å². The topological polar surface area (TPSA) is 63.8 Å². The van der Waals surface area contributed by atoms with Crippen molar-refractivity contribution in [2.45, 2.75) is 26.4 Å². The molecule has 0 unspecified atom stereocenters. The number of phenolic OH excluding ortho intramolecular Hbond substituents is 1. The molecule has 0 amide bonds. The minimum atomic E-state index is -0.686. The number of aromatic hydroxyl groups is 1. The van der Waals surface area contributed by atoms with Gasteiger partial charge >= 0.3 is 0 Å². The van der Waals surface area contributed by atoms with Gasteiger partial charge in [-0.25, -0.2) is 13.8 Å². The Hall–Kier alpha value is -3.74. The van der Waals surface area contributed by atoms with Crippen LogP contribution in [0.3, 0.4) is 0 Å². The van der Waals surface area contributed by atoms with E-state index in [4.69, 9.17) is 4.74 Å². The van der Waals surface area contributed by atoms with Crippen LogP contribution < -0.4 is 4.74 Å². The molecule has 0 saturated heterocycles. The summed E-state index contributed by atoms with van der Waals surface area (Å²) < 4.78 is 35.1. The zero-order valence-electron chi connectivity index (χ0n) is 16.8. The van der Waals surface area contributed by atoms with Crippen molar-refractivity contribution < 1.29 is 23.4 Å². The number of rotatable bonds is 7. The summed E-state index contributed by atoms with van der Waals surface area (Å²) in [7, 11) is 0. The van der Waals surface area contributed by atoms with Crippen molar-refractivity contribution in [2.75, 3.05) is 0 Å². The Morgan fingerprint density at radius 3 is 2.58 bits per heavy atom. The van der Waals surface area contributed by atoms with Gasteiger partial charge in [0, 0.05) is 12.6 Å². The van der Waals surface area contributed by atoms with E-state index in [1.165, 1.54) is 18.2 Å². The van der Waals surface area contributed by atoms with Crippen LogP contribution in [0.15, 0.2) is 60.8 Å². The molecule has 0 saturated carbocycles. The number of pyridine rings is 1. The van der Waals surface area contributed by atoms with Crippen molar-refractivity contribution in [3.63, 3.8) is 0 Å². The molecule has 0 aliphatic heterocycles. The standard InChI is InChI=1S/C24H20F2N2O3/c1-15-23(21(30)11-10-16-5-2-6-17(29)13-16)28-12-4-9-22(24(28)27-15)31-14-18-19(25)7-3-8-20(18)26/h2-9,12-13,29H,10-11,14H2,1H3. The molecule has 2 heterocycles. The van der Waals surface area contributed by atoms with Gasteiger partial charge in [0.05, 0.1) is 11.3 Å². The lowest BCUT2D eigenvalue weighted by atomic mass is 10.1. The number of hydrogen-bond donors (Lipinski definition) is 1. The quantitative estimate of drug-likeness (QED) is 0.425. The fourth-order valence-corrected chi connectivity index (χ4v) is 3.51. The van der Waals surface area contributed by atoms with Crippen LogP contribution >= 0.6 is 0 Å². The summed E-state index contributed by atoms with van der Waals surface area (Å²) >= 11 is 0. The summed E-state index contributed by atoms with van der Waals surface area (Å²) in [5, 5.41) is 9.59. The molecule has 0 fully saturated rings. The van der Waals surface area contributed by atoms with Gasteiger partial charge in [0.1, 0.15) is 29.7 Å². The first kappa shape index (κ1) is 20.5. The summed E-state index contributed by atoms with van der Waals surface area (Å²) in [6, 6.07) is 13.8. The number of carbonyl (C=O) groups is 1. The highest BCUT2D eigenvalue weighted by Crippen LogP contribution is 2.25. The third-order valence-electron chi connectivity index (χ3n) is 5.04. The Bertz CT molecular complexity index is 1250. The molecule has 7 heteroatoms. The summed E-state index contributed by atoms with van der Waals surface area (Å²) in [6.45, 7) is 1.43. The highest BCUT2D eigenvalue weighted by atomic mass is 19.1. The molecule has 0 aliphatic rings. The second kappa shape index (κ2) is 8.55.